The number of esters is 1. The molecule has 82 valence electrons. The van der Waals surface area contributed by atoms with Crippen LogP contribution < -0.4 is 0 Å². The lowest BCUT2D eigenvalue weighted by atomic mass is 10.3. The first-order valence-corrected chi connectivity index (χ1v) is 5.36. The Labute approximate surface area is 86.6 Å². The Hall–Kier alpha value is -0.860. The van der Waals surface area contributed by atoms with Crippen molar-refractivity contribution in [3.8, 4) is 0 Å². The highest BCUT2D eigenvalue weighted by Crippen LogP contribution is 1.94. The van der Waals surface area contributed by atoms with E-state index in [1.54, 1.807) is 0 Å². The number of carbonyl (C=O) groups is 1. The minimum atomic E-state index is -0.162. The first-order valence-electron chi connectivity index (χ1n) is 5.36. The van der Waals surface area contributed by atoms with E-state index < -0.39 is 0 Å². The standard InChI is InChI=1S/C11H21NO2/c1-4-6-7-12-10(3)9-11(13)14-8-5-2/h4-9H2,1-3H3. The van der Waals surface area contributed by atoms with Crippen molar-refractivity contribution in [3.63, 3.8) is 0 Å². The van der Waals surface area contributed by atoms with Crippen molar-refractivity contribution in [1.29, 1.82) is 0 Å². The molecule has 0 amide bonds. The molecular weight excluding hydrogens is 178 g/mol. The highest BCUT2D eigenvalue weighted by molar-refractivity contribution is 5.97. The maximum atomic E-state index is 11.1. The molecule has 0 atom stereocenters. The molecule has 0 saturated heterocycles. The number of aliphatic imine (C=N–C) groups is 1. The molecule has 14 heavy (non-hydrogen) atoms. The highest BCUT2D eigenvalue weighted by Gasteiger charge is 2.03. The summed E-state index contributed by atoms with van der Waals surface area (Å²) in [5.74, 6) is -0.162. The van der Waals surface area contributed by atoms with Crippen LogP contribution in [-0.4, -0.2) is 24.8 Å². The maximum absolute atomic E-state index is 11.1. The Kier molecular flexibility index (Phi) is 8.19. The smallest absolute Gasteiger partial charge is 0.311 e. The Balaban J connectivity index is 3.63. The van der Waals surface area contributed by atoms with Crippen LogP contribution in [0, 0.1) is 0 Å². The molecule has 0 unspecified atom stereocenters. The van der Waals surface area contributed by atoms with Crippen LogP contribution in [0.4, 0.5) is 0 Å². The van der Waals surface area contributed by atoms with Gasteiger partial charge in [0.25, 0.3) is 0 Å². The lowest BCUT2D eigenvalue weighted by Gasteiger charge is -2.02. The van der Waals surface area contributed by atoms with Gasteiger partial charge in [-0.3, -0.25) is 9.79 Å². The summed E-state index contributed by atoms with van der Waals surface area (Å²) in [5.41, 5.74) is 0.875. The van der Waals surface area contributed by atoms with Gasteiger partial charge in [-0.1, -0.05) is 20.3 Å². The zero-order valence-electron chi connectivity index (χ0n) is 9.51. The van der Waals surface area contributed by atoms with Crippen LogP contribution in [0.15, 0.2) is 4.99 Å². The predicted molar refractivity (Wildman–Crippen MR) is 58.8 cm³/mol. The van der Waals surface area contributed by atoms with E-state index in [4.69, 9.17) is 4.74 Å². The molecule has 3 heteroatoms. The van der Waals surface area contributed by atoms with Crippen LogP contribution in [0.3, 0.4) is 0 Å². The molecule has 0 fully saturated rings. The zero-order valence-corrected chi connectivity index (χ0v) is 9.51. The van der Waals surface area contributed by atoms with Crippen LogP contribution in [0.2, 0.25) is 0 Å². The largest absolute Gasteiger partial charge is 0.465 e. The fraction of sp³-hybridized carbons (Fsp3) is 0.818. The first-order chi connectivity index (χ1) is 6.70. The second-order valence-corrected chi connectivity index (χ2v) is 3.37. The van der Waals surface area contributed by atoms with Crippen molar-refractivity contribution >= 4 is 11.7 Å². The minimum absolute atomic E-state index is 0.162. The maximum Gasteiger partial charge on any atom is 0.311 e. The summed E-state index contributed by atoms with van der Waals surface area (Å²) in [7, 11) is 0. The van der Waals surface area contributed by atoms with Gasteiger partial charge in [-0.15, -0.1) is 0 Å². The number of carbonyl (C=O) groups excluding carboxylic acids is 1. The summed E-state index contributed by atoms with van der Waals surface area (Å²) in [5, 5.41) is 0. The molecule has 0 N–H and O–H groups in total. The lowest BCUT2D eigenvalue weighted by molar-refractivity contribution is -0.142. The Morgan fingerprint density at radius 3 is 2.57 bits per heavy atom. The minimum Gasteiger partial charge on any atom is -0.465 e. The van der Waals surface area contributed by atoms with E-state index in [9.17, 15) is 4.79 Å². The third kappa shape index (κ3) is 7.77. The third-order valence-corrected chi connectivity index (χ3v) is 1.76. The van der Waals surface area contributed by atoms with Crippen molar-refractivity contribution in [2.45, 2.75) is 46.5 Å². The molecule has 0 aliphatic carbocycles. The summed E-state index contributed by atoms with van der Waals surface area (Å²) in [6, 6.07) is 0. The molecule has 0 aliphatic heterocycles. The van der Waals surface area contributed by atoms with Crippen LogP contribution >= 0.6 is 0 Å². The van der Waals surface area contributed by atoms with E-state index in [2.05, 4.69) is 11.9 Å². The fourth-order valence-electron chi connectivity index (χ4n) is 0.960. The number of ether oxygens (including phenoxy) is 1. The zero-order chi connectivity index (χ0) is 10.8. The summed E-state index contributed by atoms with van der Waals surface area (Å²) in [6.45, 7) is 7.32. The Bertz CT molecular complexity index is 188. The molecule has 0 saturated carbocycles. The number of nitrogens with zero attached hydrogens (tertiary/aromatic N) is 1. The molecule has 0 aromatic heterocycles. The quantitative estimate of drug-likeness (QED) is 0.359. The second-order valence-electron chi connectivity index (χ2n) is 3.37. The number of unbranched alkanes of at least 4 members (excludes halogenated alkanes) is 1. The normalized spacial score (nSPS) is 11.5. The fourth-order valence-corrected chi connectivity index (χ4v) is 0.960. The second kappa shape index (κ2) is 8.73. The molecule has 0 rings (SSSR count). The number of hydrogen-bond acceptors (Lipinski definition) is 3. The van der Waals surface area contributed by atoms with Gasteiger partial charge in [0, 0.05) is 12.3 Å². The van der Waals surface area contributed by atoms with E-state index in [0.717, 1.165) is 31.5 Å². The van der Waals surface area contributed by atoms with E-state index in [-0.39, 0.29) is 5.97 Å². The van der Waals surface area contributed by atoms with Gasteiger partial charge >= 0.3 is 5.97 Å². The first kappa shape index (κ1) is 13.1. The summed E-state index contributed by atoms with van der Waals surface area (Å²) in [6.07, 6.45) is 3.43. The number of hydrogen-bond donors (Lipinski definition) is 0. The van der Waals surface area contributed by atoms with Crippen molar-refractivity contribution in [2.75, 3.05) is 13.2 Å². The Morgan fingerprint density at radius 1 is 1.29 bits per heavy atom. The average Bonchev–Trinajstić information content (AvgIpc) is 2.15. The van der Waals surface area contributed by atoms with Gasteiger partial charge in [-0.25, -0.2) is 0 Å². The van der Waals surface area contributed by atoms with Crippen molar-refractivity contribution in [2.24, 2.45) is 4.99 Å². The predicted octanol–water partition coefficient (Wildman–Crippen LogP) is 2.59. The van der Waals surface area contributed by atoms with Crippen LogP contribution in [-0.2, 0) is 9.53 Å². The Morgan fingerprint density at radius 2 is 2.00 bits per heavy atom. The molecule has 0 aromatic carbocycles. The van der Waals surface area contributed by atoms with Crippen molar-refractivity contribution < 1.29 is 9.53 Å². The van der Waals surface area contributed by atoms with E-state index in [1.807, 2.05) is 13.8 Å². The van der Waals surface area contributed by atoms with E-state index in [1.165, 1.54) is 0 Å². The molecule has 0 aliphatic rings. The average molecular weight is 199 g/mol. The van der Waals surface area contributed by atoms with E-state index in [0.29, 0.717) is 13.0 Å². The molecule has 0 aromatic rings. The van der Waals surface area contributed by atoms with Gasteiger partial charge in [0.1, 0.15) is 0 Å². The molecule has 0 bridgehead atoms. The van der Waals surface area contributed by atoms with E-state index >= 15 is 0 Å². The van der Waals surface area contributed by atoms with Gasteiger partial charge < -0.3 is 4.74 Å². The van der Waals surface area contributed by atoms with Crippen molar-refractivity contribution in [3.05, 3.63) is 0 Å². The lowest BCUT2D eigenvalue weighted by Crippen LogP contribution is -2.10. The van der Waals surface area contributed by atoms with Crippen LogP contribution in [0.1, 0.15) is 46.5 Å². The van der Waals surface area contributed by atoms with Crippen LogP contribution in [0.5, 0.6) is 0 Å². The SMILES string of the molecule is CCCCN=C(C)CC(=O)OCCC. The topological polar surface area (TPSA) is 38.7 Å². The summed E-state index contributed by atoms with van der Waals surface area (Å²) in [4.78, 5) is 15.4. The van der Waals surface area contributed by atoms with Gasteiger partial charge in [-0.05, 0) is 19.8 Å². The van der Waals surface area contributed by atoms with Gasteiger partial charge in [0.05, 0.1) is 13.0 Å². The van der Waals surface area contributed by atoms with Crippen LogP contribution in [0.25, 0.3) is 0 Å². The third-order valence-electron chi connectivity index (χ3n) is 1.76. The van der Waals surface area contributed by atoms with Crippen molar-refractivity contribution in [1.82, 2.24) is 0 Å². The monoisotopic (exact) mass is 199 g/mol. The molecule has 0 spiro atoms. The number of rotatable bonds is 7. The highest BCUT2D eigenvalue weighted by atomic mass is 16.5. The summed E-state index contributed by atoms with van der Waals surface area (Å²) >= 11 is 0. The molecular formula is C11H21NO2. The van der Waals surface area contributed by atoms with Gasteiger partial charge in [0.15, 0.2) is 0 Å². The summed E-state index contributed by atoms with van der Waals surface area (Å²) < 4.78 is 4.95. The van der Waals surface area contributed by atoms with Gasteiger partial charge in [-0.2, -0.15) is 0 Å². The molecule has 3 nitrogen and oxygen atoms in total. The van der Waals surface area contributed by atoms with Gasteiger partial charge in [0.2, 0.25) is 0 Å². The molecule has 0 radical (unpaired) electrons. The molecule has 0 heterocycles.